The van der Waals surface area contributed by atoms with Crippen molar-refractivity contribution in [2.75, 3.05) is 12.9 Å². The Balaban J connectivity index is 1.41. The fourth-order valence-corrected chi connectivity index (χ4v) is 4.76. The van der Waals surface area contributed by atoms with Crippen LogP contribution in [0.5, 0.6) is 5.75 Å². The number of Topliss-reactive ketones (excluding diaryl/α,β-unsaturated/α-hetero) is 1. The van der Waals surface area contributed by atoms with E-state index in [0.29, 0.717) is 11.5 Å². The Labute approximate surface area is 183 Å². The number of ether oxygens (including phenoxy) is 1. The summed E-state index contributed by atoms with van der Waals surface area (Å²) < 4.78 is 9.29. The van der Waals surface area contributed by atoms with Crippen LogP contribution < -0.4 is 4.74 Å². The summed E-state index contributed by atoms with van der Waals surface area (Å²) >= 11 is 1.41. The average Bonchev–Trinajstić information content (AvgIpc) is 3.44. The number of aromatic nitrogens is 5. The smallest absolute Gasteiger partial charge is 0.231 e. The molecule has 2 aromatic carbocycles. The van der Waals surface area contributed by atoms with E-state index in [0.717, 1.165) is 44.6 Å². The molecule has 1 N–H and O–H groups in total. The number of aromatic amines is 1. The van der Waals surface area contributed by atoms with Gasteiger partial charge in [0.2, 0.25) is 5.78 Å². The van der Waals surface area contributed by atoms with Gasteiger partial charge in [-0.15, -0.1) is 5.10 Å². The Kier molecular flexibility index (Phi) is 4.78. The molecular formula is C23H21N5O2S. The molecule has 0 atom stereocenters. The second kappa shape index (κ2) is 7.63. The Bertz CT molecular complexity index is 1410. The van der Waals surface area contributed by atoms with Crippen molar-refractivity contribution in [1.29, 1.82) is 0 Å². The monoisotopic (exact) mass is 431 g/mol. The number of hydrogen-bond donors (Lipinski definition) is 1. The number of benzene rings is 2. The molecule has 0 bridgehead atoms. The van der Waals surface area contributed by atoms with Gasteiger partial charge in [0.15, 0.2) is 10.9 Å². The quantitative estimate of drug-likeness (QED) is 0.314. The van der Waals surface area contributed by atoms with Crippen LogP contribution in [-0.4, -0.2) is 42.8 Å². The molecule has 0 amide bonds. The van der Waals surface area contributed by atoms with E-state index < -0.39 is 0 Å². The van der Waals surface area contributed by atoms with Gasteiger partial charge in [0.25, 0.3) is 0 Å². The minimum atomic E-state index is 0.0680. The van der Waals surface area contributed by atoms with Gasteiger partial charge in [-0.1, -0.05) is 23.9 Å². The van der Waals surface area contributed by atoms with Gasteiger partial charge in [0.1, 0.15) is 5.75 Å². The molecule has 5 aromatic rings. The number of fused-ring (bicyclic) bond motifs is 3. The SMILES string of the molecule is COc1ccc(-n2c(C)cc(C(=O)CSc3n[nH]c4nc5ccccc5n34)c2C)cc1. The van der Waals surface area contributed by atoms with E-state index in [1.807, 2.05) is 72.8 Å². The molecule has 0 aliphatic heterocycles. The zero-order chi connectivity index (χ0) is 21.5. The number of carbonyl (C=O) groups is 1. The summed E-state index contributed by atoms with van der Waals surface area (Å²) in [6, 6.07) is 17.7. The summed E-state index contributed by atoms with van der Waals surface area (Å²) in [6.45, 7) is 3.99. The van der Waals surface area contributed by atoms with Crippen LogP contribution in [0.25, 0.3) is 22.5 Å². The molecule has 0 aliphatic rings. The maximum atomic E-state index is 13.1. The lowest BCUT2D eigenvalue weighted by Crippen LogP contribution is -2.06. The van der Waals surface area contributed by atoms with Crippen molar-refractivity contribution < 1.29 is 9.53 Å². The molecule has 0 unspecified atom stereocenters. The third-order valence-corrected chi connectivity index (χ3v) is 6.34. The Morgan fingerprint density at radius 1 is 1.13 bits per heavy atom. The van der Waals surface area contributed by atoms with Crippen molar-refractivity contribution in [2.45, 2.75) is 19.0 Å². The Morgan fingerprint density at radius 2 is 1.90 bits per heavy atom. The minimum Gasteiger partial charge on any atom is -0.497 e. The van der Waals surface area contributed by atoms with E-state index in [1.54, 1.807) is 7.11 Å². The van der Waals surface area contributed by atoms with Gasteiger partial charge in [-0.2, -0.15) is 0 Å². The van der Waals surface area contributed by atoms with Gasteiger partial charge >= 0.3 is 0 Å². The highest BCUT2D eigenvalue weighted by Crippen LogP contribution is 2.26. The number of methoxy groups -OCH3 is 1. The number of thioether (sulfide) groups is 1. The van der Waals surface area contributed by atoms with E-state index in [-0.39, 0.29) is 5.78 Å². The number of aryl methyl sites for hydroxylation is 1. The zero-order valence-corrected chi connectivity index (χ0v) is 18.2. The first kappa shape index (κ1) is 19.4. The first-order valence-corrected chi connectivity index (χ1v) is 10.9. The van der Waals surface area contributed by atoms with Gasteiger partial charge in [-0.05, 0) is 56.3 Å². The van der Waals surface area contributed by atoms with Crippen molar-refractivity contribution in [3.8, 4) is 11.4 Å². The van der Waals surface area contributed by atoms with Crippen LogP contribution in [0.3, 0.4) is 0 Å². The fraction of sp³-hybridized carbons (Fsp3) is 0.174. The lowest BCUT2D eigenvalue weighted by atomic mass is 10.2. The van der Waals surface area contributed by atoms with Crippen molar-refractivity contribution in [2.24, 2.45) is 0 Å². The molecule has 0 spiro atoms. The van der Waals surface area contributed by atoms with Crippen molar-refractivity contribution in [3.05, 3.63) is 71.5 Å². The molecule has 0 aliphatic carbocycles. The van der Waals surface area contributed by atoms with Crippen LogP contribution in [-0.2, 0) is 0 Å². The standard InChI is InChI=1S/C23H21N5O2S/c1-14-12-18(15(2)27(14)16-8-10-17(30-3)11-9-16)21(29)13-31-23-26-25-22-24-19-6-4-5-7-20(19)28(22)23/h4-12H,13H2,1-3H3,(H,24,25). The molecular weight excluding hydrogens is 410 g/mol. The molecule has 31 heavy (non-hydrogen) atoms. The van der Waals surface area contributed by atoms with Crippen molar-refractivity contribution in [1.82, 2.24) is 24.1 Å². The molecule has 0 radical (unpaired) electrons. The fourth-order valence-electron chi connectivity index (χ4n) is 3.92. The predicted octanol–water partition coefficient (Wildman–Crippen LogP) is 4.60. The lowest BCUT2D eigenvalue weighted by molar-refractivity contribution is 0.102. The van der Waals surface area contributed by atoms with E-state index in [4.69, 9.17) is 4.74 Å². The summed E-state index contributed by atoms with van der Waals surface area (Å²) in [5, 5.41) is 8.02. The molecule has 156 valence electrons. The normalized spacial score (nSPS) is 11.5. The third kappa shape index (κ3) is 3.29. The Morgan fingerprint density at radius 3 is 2.68 bits per heavy atom. The van der Waals surface area contributed by atoms with Crippen LogP contribution in [0.4, 0.5) is 0 Å². The van der Waals surface area contributed by atoms with Crippen LogP contribution in [0.15, 0.2) is 59.8 Å². The topological polar surface area (TPSA) is 77.2 Å². The predicted molar refractivity (Wildman–Crippen MR) is 122 cm³/mol. The van der Waals surface area contributed by atoms with E-state index in [2.05, 4.69) is 19.7 Å². The van der Waals surface area contributed by atoms with E-state index >= 15 is 0 Å². The summed E-state index contributed by atoms with van der Waals surface area (Å²) in [4.78, 5) is 17.6. The first-order chi connectivity index (χ1) is 15.1. The number of hydrogen-bond acceptors (Lipinski definition) is 5. The highest BCUT2D eigenvalue weighted by molar-refractivity contribution is 7.99. The summed E-state index contributed by atoms with van der Waals surface area (Å²) in [6.07, 6.45) is 0. The highest BCUT2D eigenvalue weighted by atomic mass is 32.2. The number of nitrogens with one attached hydrogen (secondary N) is 1. The molecule has 5 rings (SSSR count). The maximum Gasteiger partial charge on any atom is 0.231 e. The Hall–Kier alpha value is -3.52. The van der Waals surface area contributed by atoms with Crippen molar-refractivity contribution in [3.63, 3.8) is 0 Å². The van der Waals surface area contributed by atoms with Crippen LogP contribution in [0.2, 0.25) is 0 Å². The molecule has 7 nitrogen and oxygen atoms in total. The first-order valence-electron chi connectivity index (χ1n) is 9.87. The van der Waals surface area contributed by atoms with Crippen LogP contribution >= 0.6 is 11.8 Å². The zero-order valence-electron chi connectivity index (χ0n) is 17.4. The molecule has 0 saturated carbocycles. The lowest BCUT2D eigenvalue weighted by Gasteiger charge is -2.10. The summed E-state index contributed by atoms with van der Waals surface area (Å²) in [5.41, 5.74) is 5.53. The highest BCUT2D eigenvalue weighted by Gasteiger charge is 2.19. The van der Waals surface area contributed by atoms with Gasteiger partial charge in [0.05, 0.1) is 23.9 Å². The van der Waals surface area contributed by atoms with Gasteiger partial charge in [-0.25, -0.2) is 10.1 Å². The van der Waals surface area contributed by atoms with Gasteiger partial charge in [-0.3, -0.25) is 9.20 Å². The number of nitrogens with zero attached hydrogens (tertiary/aromatic N) is 4. The van der Waals surface area contributed by atoms with Crippen molar-refractivity contribution >= 4 is 34.4 Å². The van der Waals surface area contributed by atoms with Crippen LogP contribution in [0, 0.1) is 13.8 Å². The number of ketones is 1. The summed E-state index contributed by atoms with van der Waals surface area (Å²) in [5.74, 6) is 1.84. The maximum absolute atomic E-state index is 13.1. The number of carbonyl (C=O) groups excluding carboxylic acids is 1. The molecule has 0 saturated heterocycles. The molecule has 3 heterocycles. The minimum absolute atomic E-state index is 0.0680. The molecule has 8 heteroatoms. The van der Waals surface area contributed by atoms with E-state index in [1.165, 1.54) is 11.8 Å². The molecule has 0 fully saturated rings. The second-order valence-electron chi connectivity index (χ2n) is 7.30. The number of para-hydroxylation sites is 2. The number of imidazole rings is 1. The van der Waals surface area contributed by atoms with E-state index in [9.17, 15) is 4.79 Å². The third-order valence-electron chi connectivity index (χ3n) is 5.40. The summed E-state index contributed by atoms with van der Waals surface area (Å²) in [7, 11) is 1.65. The number of H-pyrrole nitrogens is 1. The van der Waals surface area contributed by atoms with Gasteiger partial charge in [0, 0.05) is 22.6 Å². The molecule has 3 aromatic heterocycles. The average molecular weight is 432 g/mol. The van der Waals surface area contributed by atoms with Crippen LogP contribution in [0.1, 0.15) is 21.7 Å². The number of rotatable bonds is 6. The largest absolute Gasteiger partial charge is 0.497 e. The second-order valence-corrected chi connectivity index (χ2v) is 8.24. The van der Waals surface area contributed by atoms with Gasteiger partial charge < -0.3 is 9.30 Å².